The molecule has 1 aromatic rings. The summed E-state index contributed by atoms with van der Waals surface area (Å²) in [6, 6.07) is 4.59. The molecule has 0 radical (unpaired) electrons. The summed E-state index contributed by atoms with van der Waals surface area (Å²) in [7, 11) is 2.85. The number of anilines is 1. The van der Waals surface area contributed by atoms with Gasteiger partial charge in [0.25, 0.3) is 5.69 Å². The number of carbonyl (C=O) groups is 1. The molecule has 1 aromatic carbocycles. The Morgan fingerprint density at radius 1 is 1.45 bits per heavy atom. The van der Waals surface area contributed by atoms with Crippen molar-refractivity contribution >= 4 is 17.3 Å². The monoisotopic (exact) mass is 280 g/mol. The molecule has 1 aliphatic rings. The number of ether oxygens (including phenoxy) is 2. The normalized spacial score (nSPS) is 17.9. The van der Waals surface area contributed by atoms with Crippen molar-refractivity contribution in [2.24, 2.45) is 5.92 Å². The van der Waals surface area contributed by atoms with Gasteiger partial charge in [-0.15, -0.1) is 0 Å². The van der Waals surface area contributed by atoms with Gasteiger partial charge < -0.3 is 14.4 Å². The van der Waals surface area contributed by atoms with E-state index in [1.807, 2.05) is 4.90 Å². The van der Waals surface area contributed by atoms with Crippen molar-refractivity contribution in [3.8, 4) is 5.75 Å². The first-order chi connectivity index (χ1) is 9.56. The SMILES string of the molecule is COC(=O)C1CCN(c2cc(OC)ccc2[N+](=O)[O-])C1. The van der Waals surface area contributed by atoms with E-state index in [0.29, 0.717) is 30.9 Å². The minimum absolute atomic E-state index is 0.0105. The first-order valence-electron chi connectivity index (χ1n) is 6.22. The average molecular weight is 280 g/mol. The van der Waals surface area contributed by atoms with E-state index >= 15 is 0 Å². The number of esters is 1. The summed E-state index contributed by atoms with van der Waals surface area (Å²) in [6.07, 6.45) is 0.626. The number of benzene rings is 1. The van der Waals surface area contributed by atoms with E-state index in [1.165, 1.54) is 20.3 Å². The quantitative estimate of drug-likeness (QED) is 0.473. The molecular weight excluding hydrogens is 264 g/mol. The number of nitro groups is 1. The average Bonchev–Trinajstić information content (AvgIpc) is 2.95. The van der Waals surface area contributed by atoms with Gasteiger partial charge in [0.05, 0.1) is 25.1 Å². The Morgan fingerprint density at radius 2 is 2.20 bits per heavy atom. The molecule has 1 aliphatic heterocycles. The van der Waals surface area contributed by atoms with Crippen LogP contribution in [0.5, 0.6) is 5.75 Å². The highest BCUT2D eigenvalue weighted by Gasteiger charge is 2.32. The predicted molar refractivity (Wildman–Crippen MR) is 72.0 cm³/mol. The molecule has 0 aromatic heterocycles. The van der Waals surface area contributed by atoms with E-state index in [9.17, 15) is 14.9 Å². The fourth-order valence-corrected chi connectivity index (χ4v) is 2.38. The van der Waals surface area contributed by atoms with E-state index < -0.39 is 4.92 Å². The third-order valence-corrected chi connectivity index (χ3v) is 3.44. The summed E-state index contributed by atoms with van der Waals surface area (Å²) in [5.41, 5.74) is 0.483. The molecule has 0 spiro atoms. The zero-order chi connectivity index (χ0) is 14.7. The molecule has 7 heteroatoms. The lowest BCUT2D eigenvalue weighted by Crippen LogP contribution is -2.24. The summed E-state index contributed by atoms with van der Waals surface area (Å²) in [4.78, 5) is 24.0. The minimum Gasteiger partial charge on any atom is -0.497 e. The van der Waals surface area contributed by atoms with Gasteiger partial charge in [-0.3, -0.25) is 14.9 Å². The number of hydrogen-bond acceptors (Lipinski definition) is 6. The zero-order valence-electron chi connectivity index (χ0n) is 11.4. The van der Waals surface area contributed by atoms with Gasteiger partial charge in [-0.2, -0.15) is 0 Å². The third kappa shape index (κ3) is 2.66. The maximum Gasteiger partial charge on any atom is 0.310 e. The Morgan fingerprint density at radius 3 is 2.80 bits per heavy atom. The molecule has 20 heavy (non-hydrogen) atoms. The Labute approximate surface area is 116 Å². The minimum atomic E-state index is -0.430. The van der Waals surface area contributed by atoms with Crippen molar-refractivity contribution in [2.45, 2.75) is 6.42 Å². The number of nitrogens with zero attached hydrogens (tertiary/aromatic N) is 2. The Hall–Kier alpha value is -2.31. The predicted octanol–water partition coefficient (Wildman–Crippen LogP) is 1.60. The highest BCUT2D eigenvalue weighted by Crippen LogP contribution is 2.35. The van der Waals surface area contributed by atoms with E-state index in [-0.39, 0.29) is 17.6 Å². The highest BCUT2D eigenvalue weighted by molar-refractivity contribution is 5.75. The van der Waals surface area contributed by atoms with Gasteiger partial charge in [0.15, 0.2) is 0 Å². The summed E-state index contributed by atoms with van der Waals surface area (Å²) >= 11 is 0. The van der Waals surface area contributed by atoms with Gasteiger partial charge in [0.2, 0.25) is 0 Å². The smallest absolute Gasteiger partial charge is 0.310 e. The summed E-state index contributed by atoms with van der Waals surface area (Å²) in [5, 5.41) is 11.1. The summed E-state index contributed by atoms with van der Waals surface area (Å²) < 4.78 is 9.82. The second kappa shape index (κ2) is 5.77. The Bertz CT molecular complexity index is 531. The molecule has 1 unspecified atom stereocenters. The highest BCUT2D eigenvalue weighted by atomic mass is 16.6. The Kier molecular flexibility index (Phi) is 4.07. The molecule has 2 rings (SSSR count). The standard InChI is InChI=1S/C13H16N2O5/c1-19-10-3-4-11(15(17)18)12(7-10)14-6-5-9(8-14)13(16)20-2/h3-4,7,9H,5-6,8H2,1-2H3. The molecule has 7 nitrogen and oxygen atoms in total. The van der Waals surface area contributed by atoms with E-state index in [0.717, 1.165) is 0 Å². The van der Waals surface area contributed by atoms with Gasteiger partial charge in [-0.25, -0.2) is 0 Å². The lowest BCUT2D eigenvalue weighted by Gasteiger charge is -2.18. The van der Waals surface area contributed by atoms with Gasteiger partial charge in [0, 0.05) is 25.2 Å². The maximum atomic E-state index is 11.5. The van der Waals surface area contributed by atoms with Crippen LogP contribution in [0, 0.1) is 16.0 Å². The fraction of sp³-hybridized carbons (Fsp3) is 0.462. The topological polar surface area (TPSA) is 81.9 Å². The van der Waals surface area contributed by atoms with Crippen LogP contribution in [0.25, 0.3) is 0 Å². The largest absolute Gasteiger partial charge is 0.497 e. The molecule has 0 saturated carbocycles. The van der Waals surface area contributed by atoms with Crippen LogP contribution in [0.15, 0.2) is 18.2 Å². The van der Waals surface area contributed by atoms with E-state index in [4.69, 9.17) is 9.47 Å². The lowest BCUT2D eigenvalue weighted by molar-refractivity contribution is -0.384. The zero-order valence-corrected chi connectivity index (χ0v) is 11.4. The molecule has 0 bridgehead atoms. The molecule has 1 heterocycles. The maximum absolute atomic E-state index is 11.5. The van der Waals surface area contributed by atoms with E-state index in [2.05, 4.69) is 0 Å². The molecular formula is C13H16N2O5. The van der Waals surface area contributed by atoms with Crippen LogP contribution in [0.4, 0.5) is 11.4 Å². The van der Waals surface area contributed by atoms with Crippen LogP contribution in [0.2, 0.25) is 0 Å². The van der Waals surface area contributed by atoms with Gasteiger partial charge >= 0.3 is 5.97 Å². The van der Waals surface area contributed by atoms with Crippen LogP contribution in [0.3, 0.4) is 0 Å². The number of carbonyl (C=O) groups excluding carboxylic acids is 1. The third-order valence-electron chi connectivity index (χ3n) is 3.44. The van der Waals surface area contributed by atoms with Crippen molar-refractivity contribution < 1.29 is 19.2 Å². The Balaban J connectivity index is 2.28. The first kappa shape index (κ1) is 14.1. The van der Waals surface area contributed by atoms with Crippen molar-refractivity contribution in [2.75, 3.05) is 32.2 Å². The second-order valence-electron chi connectivity index (χ2n) is 4.57. The molecule has 1 fully saturated rings. The number of hydrogen-bond donors (Lipinski definition) is 0. The molecule has 1 atom stereocenters. The van der Waals surface area contributed by atoms with Crippen molar-refractivity contribution in [1.29, 1.82) is 0 Å². The van der Waals surface area contributed by atoms with Crippen LogP contribution < -0.4 is 9.64 Å². The lowest BCUT2D eigenvalue weighted by atomic mass is 10.1. The molecule has 108 valence electrons. The van der Waals surface area contributed by atoms with E-state index in [1.54, 1.807) is 12.1 Å². The van der Waals surface area contributed by atoms with Crippen molar-refractivity contribution in [1.82, 2.24) is 0 Å². The molecule has 0 N–H and O–H groups in total. The molecule has 0 amide bonds. The van der Waals surface area contributed by atoms with Gasteiger partial charge in [-0.05, 0) is 12.5 Å². The number of methoxy groups -OCH3 is 2. The van der Waals surface area contributed by atoms with Gasteiger partial charge in [-0.1, -0.05) is 0 Å². The summed E-state index contributed by atoms with van der Waals surface area (Å²) in [6.45, 7) is 0.994. The second-order valence-corrected chi connectivity index (χ2v) is 4.57. The van der Waals surface area contributed by atoms with Crippen molar-refractivity contribution in [3.05, 3.63) is 28.3 Å². The number of rotatable bonds is 4. The summed E-state index contributed by atoms with van der Waals surface area (Å²) in [5.74, 6) is 0.0240. The first-order valence-corrected chi connectivity index (χ1v) is 6.22. The fourth-order valence-electron chi connectivity index (χ4n) is 2.38. The van der Waals surface area contributed by atoms with Crippen LogP contribution >= 0.6 is 0 Å². The van der Waals surface area contributed by atoms with Crippen molar-refractivity contribution in [3.63, 3.8) is 0 Å². The molecule has 1 saturated heterocycles. The van der Waals surface area contributed by atoms with Crippen LogP contribution in [0.1, 0.15) is 6.42 Å². The van der Waals surface area contributed by atoms with Crippen LogP contribution in [-0.2, 0) is 9.53 Å². The van der Waals surface area contributed by atoms with Crippen LogP contribution in [-0.4, -0.2) is 38.2 Å². The molecule has 0 aliphatic carbocycles. The number of nitro benzene ring substituents is 1. The van der Waals surface area contributed by atoms with Gasteiger partial charge in [0.1, 0.15) is 11.4 Å².